The number of hydrogen-bond acceptors (Lipinski definition) is 10. The summed E-state index contributed by atoms with van der Waals surface area (Å²) in [6, 6.07) is 17.0. The lowest BCUT2D eigenvalue weighted by atomic mass is 9.99. The minimum absolute atomic E-state index is 0.0863. The van der Waals surface area contributed by atoms with E-state index in [1.54, 1.807) is 42.5 Å². The number of aliphatic hydroxyl groups excluding tert-OH is 3. The lowest BCUT2D eigenvalue weighted by molar-refractivity contribution is -0.278. The third kappa shape index (κ3) is 7.59. The van der Waals surface area contributed by atoms with Crippen molar-refractivity contribution in [2.45, 2.75) is 30.7 Å². The average molecular weight is 537 g/mol. The van der Waals surface area contributed by atoms with Gasteiger partial charge < -0.3 is 44.8 Å². The molecule has 0 spiro atoms. The molecule has 1 aliphatic heterocycles. The van der Waals surface area contributed by atoms with Gasteiger partial charge in [-0.3, -0.25) is 0 Å². The maximum atomic E-state index is 12.1. The third-order valence-electron chi connectivity index (χ3n) is 5.89. The Balaban J connectivity index is 1.39. The fraction of sp³-hybridized carbons (Fsp3) is 0.207. The van der Waals surface area contributed by atoms with Gasteiger partial charge in [-0.2, -0.15) is 0 Å². The number of carbonyl (C=O) groups excluding carboxylic acids is 1. The minimum Gasteiger partial charge on any atom is -0.508 e. The lowest BCUT2D eigenvalue weighted by Crippen LogP contribution is -2.60. The highest BCUT2D eigenvalue weighted by Crippen LogP contribution is 2.28. The van der Waals surface area contributed by atoms with Gasteiger partial charge in [0.25, 0.3) is 0 Å². The van der Waals surface area contributed by atoms with E-state index in [1.807, 2.05) is 0 Å². The Hall–Kier alpha value is -4.35. The van der Waals surface area contributed by atoms with Crippen molar-refractivity contribution in [2.75, 3.05) is 6.61 Å². The van der Waals surface area contributed by atoms with Gasteiger partial charge in [-0.25, -0.2) is 4.79 Å². The maximum Gasteiger partial charge on any atom is 0.330 e. The molecule has 1 fully saturated rings. The molecular formula is C29H28O10. The second-order valence-electron chi connectivity index (χ2n) is 8.87. The van der Waals surface area contributed by atoms with E-state index >= 15 is 0 Å². The van der Waals surface area contributed by atoms with Crippen molar-refractivity contribution < 1.29 is 49.6 Å². The Morgan fingerprint density at radius 2 is 1.31 bits per heavy atom. The number of hydrogen-bond donors (Lipinski definition) is 6. The first-order valence-electron chi connectivity index (χ1n) is 12.0. The standard InChI is InChI=1S/C29H28O10/c30-20-8-3-17(4-9-20)1-2-19-13-22(32)15-23(14-19)38-29-28(36)27(35)26(34)24(39-29)16-37-25(33)12-7-18-5-10-21(31)11-6-18/h1-15,24,26-32,34-36H,16H2. The van der Waals surface area contributed by atoms with Crippen LogP contribution in [0.5, 0.6) is 23.0 Å². The zero-order valence-electron chi connectivity index (χ0n) is 20.6. The summed E-state index contributed by atoms with van der Waals surface area (Å²) in [5, 5.41) is 59.9. The highest BCUT2D eigenvalue weighted by Gasteiger charge is 2.45. The Morgan fingerprint density at radius 1 is 0.718 bits per heavy atom. The molecule has 204 valence electrons. The molecular weight excluding hydrogens is 508 g/mol. The van der Waals surface area contributed by atoms with Gasteiger partial charge in [-0.1, -0.05) is 36.4 Å². The van der Waals surface area contributed by atoms with Crippen LogP contribution in [0.3, 0.4) is 0 Å². The highest BCUT2D eigenvalue weighted by molar-refractivity contribution is 5.87. The van der Waals surface area contributed by atoms with Gasteiger partial charge in [0.2, 0.25) is 6.29 Å². The number of carbonyl (C=O) groups is 1. The molecule has 5 atom stereocenters. The van der Waals surface area contributed by atoms with E-state index < -0.39 is 43.3 Å². The van der Waals surface area contributed by atoms with Crippen LogP contribution in [0.15, 0.2) is 72.8 Å². The van der Waals surface area contributed by atoms with Crippen LogP contribution in [0, 0.1) is 0 Å². The molecule has 1 aliphatic rings. The minimum atomic E-state index is -1.66. The van der Waals surface area contributed by atoms with Crippen LogP contribution in [-0.4, -0.2) is 73.9 Å². The van der Waals surface area contributed by atoms with E-state index in [9.17, 15) is 35.4 Å². The van der Waals surface area contributed by atoms with Gasteiger partial charge in [-0.15, -0.1) is 0 Å². The molecule has 0 amide bonds. The molecule has 0 bridgehead atoms. The van der Waals surface area contributed by atoms with E-state index in [1.165, 1.54) is 42.5 Å². The highest BCUT2D eigenvalue weighted by atomic mass is 16.7. The van der Waals surface area contributed by atoms with Crippen molar-refractivity contribution >= 4 is 24.2 Å². The van der Waals surface area contributed by atoms with Gasteiger partial charge in [0.15, 0.2) is 0 Å². The maximum absolute atomic E-state index is 12.1. The normalized spacial score (nSPS) is 23.2. The molecule has 0 aromatic heterocycles. The van der Waals surface area contributed by atoms with E-state index in [-0.39, 0.29) is 23.0 Å². The quantitative estimate of drug-likeness (QED) is 0.143. The van der Waals surface area contributed by atoms with Crippen LogP contribution in [0.2, 0.25) is 0 Å². The molecule has 1 heterocycles. The number of rotatable bonds is 8. The van der Waals surface area contributed by atoms with E-state index in [4.69, 9.17) is 14.2 Å². The summed E-state index contributed by atoms with van der Waals surface area (Å²) < 4.78 is 16.4. The summed E-state index contributed by atoms with van der Waals surface area (Å²) in [6.45, 7) is -0.440. The zero-order valence-corrected chi connectivity index (χ0v) is 20.6. The molecule has 1 saturated heterocycles. The van der Waals surface area contributed by atoms with Gasteiger partial charge in [0.1, 0.15) is 54.0 Å². The molecule has 5 unspecified atom stereocenters. The fourth-order valence-electron chi connectivity index (χ4n) is 3.80. The van der Waals surface area contributed by atoms with Crippen LogP contribution >= 0.6 is 0 Å². The van der Waals surface area contributed by atoms with Gasteiger partial charge in [-0.05, 0) is 59.2 Å². The predicted molar refractivity (Wildman–Crippen MR) is 141 cm³/mol. The molecule has 0 aliphatic carbocycles. The number of ether oxygens (including phenoxy) is 3. The van der Waals surface area contributed by atoms with Crippen LogP contribution in [0.4, 0.5) is 0 Å². The predicted octanol–water partition coefficient (Wildman–Crippen LogP) is 2.42. The molecule has 0 radical (unpaired) electrons. The van der Waals surface area contributed by atoms with Crippen molar-refractivity contribution in [2.24, 2.45) is 0 Å². The Labute approximate surface area is 223 Å². The van der Waals surface area contributed by atoms with Crippen LogP contribution < -0.4 is 4.74 Å². The van der Waals surface area contributed by atoms with E-state index in [0.717, 1.165) is 11.6 Å². The third-order valence-corrected chi connectivity index (χ3v) is 5.89. The van der Waals surface area contributed by atoms with Crippen molar-refractivity contribution in [3.63, 3.8) is 0 Å². The van der Waals surface area contributed by atoms with E-state index in [2.05, 4.69) is 0 Å². The van der Waals surface area contributed by atoms with Crippen molar-refractivity contribution in [3.05, 3.63) is 89.5 Å². The van der Waals surface area contributed by atoms with Crippen molar-refractivity contribution in [1.82, 2.24) is 0 Å². The fourth-order valence-corrected chi connectivity index (χ4v) is 3.80. The first kappa shape index (κ1) is 27.7. The topological polar surface area (TPSA) is 166 Å². The first-order valence-corrected chi connectivity index (χ1v) is 12.0. The molecule has 0 saturated carbocycles. The van der Waals surface area contributed by atoms with Crippen molar-refractivity contribution in [3.8, 4) is 23.0 Å². The van der Waals surface area contributed by atoms with E-state index in [0.29, 0.717) is 11.1 Å². The summed E-state index contributed by atoms with van der Waals surface area (Å²) in [5.41, 5.74) is 2.00. The molecule has 10 nitrogen and oxygen atoms in total. The Bertz CT molecular complexity index is 1320. The summed E-state index contributed by atoms with van der Waals surface area (Å²) in [4.78, 5) is 12.1. The molecule has 4 rings (SSSR count). The van der Waals surface area contributed by atoms with Gasteiger partial charge >= 0.3 is 5.97 Å². The number of phenols is 3. The molecule has 3 aromatic carbocycles. The second kappa shape index (κ2) is 12.5. The Kier molecular flexibility index (Phi) is 8.84. The monoisotopic (exact) mass is 536 g/mol. The molecule has 39 heavy (non-hydrogen) atoms. The number of benzene rings is 3. The molecule has 10 heteroatoms. The van der Waals surface area contributed by atoms with Crippen LogP contribution in [0.25, 0.3) is 18.2 Å². The number of phenolic OH excluding ortho intramolecular Hbond substituents is 3. The average Bonchev–Trinajstić information content (AvgIpc) is 2.92. The van der Waals surface area contributed by atoms with Crippen LogP contribution in [0.1, 0.15) is 16.7 Å². The summed E-state index contributed by atoms with van der Waals surface area (Å²) in [5.74, 6) is -0.537. The van der Waals surface area contributed by atoms with Crippen molar-refractivity contribution in [1.29, 1.82) is 0 Å². The second-order valence-corrected chi connectivity index (χ2v) is 8.87. The first-order chi connectivity index (χ1) is 18.7. The summed E-state index contributed by atoms with van der Waals surface area (Å²) in [6.07, 6.45) is -1.46. The Morgan fingerprint density at radius 3 is 1.95 bits per heavy atom. The number of aromatic hydroxyl groups is 3. The van der Waals surface area contributed by atoms with Gasteiger partial charge in [0, 0.05) is 12.1 Å². The number of esters is 1. The van der Waals surface area contributed by atoms with Crippen LogP contribution in [-0.2, 0) is 14.3 Å². The largest absolute Gasteiger partial charge is 0.508 e. The molecule has 6 N–H and O–H groups in total. The zero-order chi connectivity index (χ0) is 27.9. The summed E-state index contributed by atoms with van der Waals surface area (Å²) in [7, 11) is 0. The SMILES string of the molecule is O=C(C=Cc1ccc(O)cc1)OCC1OC(Oc2cc(O)cc(C=Cc3ccc(O)cc3)c2)C(O)C(O)C1O. The summed E-state index contributed by atoms with van der Waals surface area (Å²) >= 11 is 0. The lowest BCUT2D eigenvalue weighted by Gasteiger charge is -2.39. The smallest absolute Gasteiger partial charge is 0.330 e. The molecule has 3 aromatic rings. The van der Waals surface area contributed by atoms with Gasteiger partial charge in [0.05, 0.1) is 0 Å². The number of aliphatic hydroxyl groups is 3.